The van der Waals surface area contributed by atoms with Crippen LogP contribution in [0.15, 0.2) is 24.3 Å². The van der Waals surface area contributed by atoms with Gasteiger partial charge in [-0.3, -0.25) is 0 Å². The normalized spacial score (nSPS) is 17.1. The average molecular weight is 292 g/mol. The molecule has 0 radical (unpaired) electrons. The summed E-state index contributed by atoms with van der Waals surface area (Å²) in [4.78, 5) is 11.9. The third kappa shape index (κ3) is 5.02. The summed E-state index contributed by atoms with van der Waals surface area (Å²) in [5.41, 5.74) is 2.58. The van der Waals surface area contributed by atoms with Gasteiger partial charge in [-0.05, 0) is 36.8 Å². The highest BCUT2D eigenvalue weighted by atomic mass is 16.5. The molecule has 1 atom stereocenters. The molecule has 1 aliphatic rings. The molecule has 5 heteroatoms. The topological polar surface area (TPSA) is 70.6 Å². The smallest absolute Gasteiger partial charge is 0.315 e. The van der Waals surface area contributed by atoms with E-state index in [1.807, 2.05) is 12.1 Å². The molecule has 21 heavy (non-hydrogen) atoms. The monoisotopic (exact) mass is 292 g/mol. The van der Waals surface area contributed by atoms with Crippen molar-refractivity contribution in [2.75, 3.05) is 26.4 Å². The second-order valence-electron chi connectivity index (χ2n) is 5.23. The Kier molecular flexibility index (Phi) is 6.50. The molecular formula is C16H24N2O3. The van der Waals surface area contributed by atoms with Crippen LogP contribution in [0.3, 0.4) is 0 Å². The number of aliphatic hydroxyl groups excluding tert-OH is 1. The third-order valence-electron chi connectivity index (χ3n) is 3.66. The van der Waals surface area contributed by atoms with E-state index in [0.29, 0.717) is 19.8 Å². The van der Waals surface area contributed by atoms with Gasteiger partial charge in [0.25, 0.3) is 0 Å². The Morgan fingerprint density at radius 3 is 3.05 bits per heavy atom. The first-order valence-electron chi connectivity index (χ1n) is 7.62. The number of carbonyl (C=O) groups excluding carboxylic acids is 1. The molecule has 0 spiro atoms. The predicted octanol–water partition coefficient (Wildman–Crippen LogP) is 1.76. The lowest BCUT2D eigenvalue weighted by atomic mass is 9.88. The summed E-state index contributed by atoms with van der Waals surface area (Å²) in [5.74, 6) is 0. The van der Waals surface area contributed by atoms with Gasteiger partial charge < -0.3 is 20.5 Å². The maximum Gasteiger partial charge on any atom is 0.315 e. The Morgan fingerprint density at radius 1 is 1.33 bits per heavy atom. The number of ether oxygens (including phenoxy) is 1. The van der Waals surface area contributed by atoms with Crippen molar-refractivity contribution in [3.8, 4) is 0 Å². The number of carbonyl (C=O) groups is 1. The number of aryl methyl sites for hydroxylation is 1. The summed E-state index contributed by atoms with van der Waals surface area (Å²) in [6.07, 6.45) is 3.94. The van der Waals surface area contributed by atoms with Crippen molar-refractivity contribution >= 4 is 6.03 Å². The fraction of sp³-hybridized carbons (Fsp3) is 0.562. The van der Waals surface area contributed by atoms with Crippen molar-refractivity contribution in [3.63, 3.8) is 0 Å². The molecular weight excluding hydrogens is 268 g/mol. The van der Waals surface area contributed by atoms with Crippen LogP contribution < -0.4 is 10.6 Å². The number of fused-ring (bicyclic) bond motifs is 1. The average Bonchev–Trinajstić information content (AvgIpc) is 2.51. The lowest BCUT2D eigenvalue weighted by Crippen LogP contribution is -2.39. The molecule has 1 aromatic rings. The van der Waals surface area contributed by atoms with Gasteiger partial charge in [-0.25, -0.2) is 4.79 Å². The Morgan fingerprint density at radius 2 is 2.19 bits per heavy atom. The van der Waals surface area contributed by atoms with Crippen LogP contribution >= 0.6 is 0 Å². The highest BCUT2D eigenvalue weighted by Gasteiger charge is 2.20. The Hall–Kier alpha value is -1.59. The van der Waals surface area contributed by atoms with Gasteiger partial charge in [-0.1, -0.05) is 24.3 Å². The molecule has 1 aliphatic carbocycles. The van der Waals surface area contributed by atoms with Gasteiger partial charge in [-0.2, -0.15) is 0 Å². The summed E-state index contributed by atoms with van der Waals surface area (Å²) in [6, 6.07) is 8.30. The minimum absolute atomic E-state index is 0.0367. The van der Waals surface area contributed by atoms with Crippen molar-refractivity contribution in [2.45, 2.75) is 31.7 Å². The van der Waals surface area contributed by atoms with E-state index < -0.39 is 0 Å². The molecule has 0 aliphatic heterocycles. The molecule has 5 nitrogen and oxygen atoms in total. The fourth-order valence-electron chi connectivity index (χ4n) is 2.66. The van der Waals surface area contributed by atoms with Crippen LogP contribution in [0.4, 0.5) is 4.79 Å². The molecule has 2 rings (SSSR count). The van der Waals surface area contributed by atoms with Crippen molar-refractivity contribution in [1.29, 1.82) is 0 Å². The van der Waals surface area contributed by atoms with Crippen LogP contribution in [0.1, 0.15) is 36.4 Å². The molecule has 1 aromatic carbocycles. The minimum atomic E-state index is -0.126. The van der Waals surface area contributed by atoms with E-state index in [2.05, 4.69) is 22.8 Å². The maximum absolute atomic E-state index is 11.9. The van der Waals surface area contributed by atoms with Gasteiger partial charge in [0.1, 0.15) is 0 Å². The first-order chi connectivity index (χ1) is 10.3. The molecule has 0 saturated carbocycles. The Labute approximate surface area is 125 Å². The van der Waals surface area contributed by atoms with Gasteiger partial charge in [0, 0.05) is 13.2 Å². The number of rotatable bonds is 7. The number of nitrogens with one attached hydrogen (secondary N) is 2. The van der Waals surface area contributed by atoms with Gasteiger partial charge in [0.05, 0.1) is 19.3 Å². The van der Waals surface area contributed by atoms with E-state index in [-0.39, 0.29) is 18.7 Å². The molecule has 0 aromatic heterocycles. The van der Waals surface area contributed by atoms with E-state index in [1.54, 1.807) is 0 Å². The van der Waals surface area contributed by atoms with Gasteiger partial charge in [-0.15, -0.1) is 0 Å². The maximum atomic E-state index is 11.9. The van der Waals surface area contributed by atoms with Crippen LogP contribution in [0.5, 0.6) is 0 Å². The quantitative estimate of drug-likeness (QED) is 0.671. The van der Waals surface area contributed by atoms with Crippen molar-refractivity contribution in [3.05, 3.63) is 35.4 Å². The van der Waals surface area contributed by atoms with E-state index >= 15 is 0 Å². The predicted molar refractivity (Wildman–Crippen MR) is 81.2 cm³/mol. The Bertz CT molecular complexity index is 451. The lowest BCUT2D eigenvalue weighted by molar-refractivity contribution is 0.0909. The molecule has 0 saturated heterocycles. The van der Waals surface area contributed by atoms with E-state index in [0.717, 1.165) is 25.7 Å². The molecule has 0 fully saturated rings. The van der Waals surface area contributed by atoms with Crippen molar-refractivity contribution in [2.24, 2.45) is 0 Å². The molecule has 0 bridgehead atoms. The zero-order valence-electron chi connectivity index (χ0n) is 12.3. The van der Waals surface area contributed by atoms with Crippen LogP contribution in [-0.4, -0.2) is 37.5 Å². The Balaban J connectivity index is 1.71. The van der Waals surface area contributed by atoms with Crippen LogP contribution in [0.2, 0.25) is 0 Å². The summed E-state index contributed by atoms with van der Waals surface area (Å²) in [6.45, 7) is 1.51. The van der Waals surface area contributed by atoms with Crippen LogP contribution in [0.25, 0.3) is 0 Å². The first kappa shape index (κ1) is 15.8. The zero-order chi connectivity index (χ0) is 14.9. The first-order valence-corrected chi connectivity index (χ1v) is 7.62. The van der Waals surface area contributed by atoms with Gasteiger partial charge in [0.2, 0.25) is 0 Å². The number of hydrogen-bond donors (Lipinski definition) is 3. The third-order valence-corrected chi connectivity index (χ3v) is 3.66. The molecule has 0 heterocycles. The lowest BCUT2D eigenvalue weighted by Gasteiger charge is -2.26. The van der Waals surface area contributed by atoms with Crippen molar-refractivity contribution < 1.29 is 14.6 Å². The summed E-state index contributed by atoms with van der Waals surface area (Å²) in [5, 5.41) is 14.5. The molecule has 116 valence electrons. The fourth-order valence-corrected chi connectivity index (χ4v) is 2.66. The second-order valence-corrected chi connectivity index (χ2v) is 5.23. The van der Waals surface area contributed by atoms with Gasteiger partial charge in [0.15, 0.2) is 0 Å². The zero-order valence-corrected chi connectivity index (χ0v) is 12.3. The SMILES string of the molecule is O=C(NCCCOCCO)NC1CCCc2ccccc21. The van der Waals surface area contributed by atoms with Crippen molar-refractivity contribution in [1.82, 2.24) is 10.6 Å². The summed E-state index contributed by atoms with van der Waals surface area (Å²) >= 11 is 0. The van der Waals surface area contributed by atoms with Crippen LogP contribution in [0, 0.1) is 0 Å². The standard InChI is InChI=1S/C16H24N2O3/c19-10-12-21-11-4-9-17-16(20)18-15-8-3-6-13-5-1-2-7-14(13)15/h1-2,5,7,15,19H,3-4,6,8-12H2,(H2,17,18,20). The number of amides is 2. The number of benzene rings is 1. The molecule has 1 unspecified atom stereocenters. The summed E-state index contributed by atoms with van der Waals surface area (Å²) in [7, 11) is 0. The number of urea groups is 1. The molecule has 2 amide bonds. The number of aliphatic hydroxyl groups is 1. The van der Waals surface area contributed by atoms with Crippen LogP contribution in [-0.2, 0) is 11.2 Å². The second kappa shape index (κ2) is 8.64. The largest absolute Gasteiger partial charge is 0.394 e. The highest BCUT2D eigenvalue weighted by Crippen LogP contribution is 2.29. The number of hydrogen-bond acceptors (Lipinski definition) is 3. The van der Waals surface area contributed by atoms with E-state index in [4.69, 9.17) is 9.84 Å². The highest BCUT2D eigenvalue weighted by molar-refractivity contribution is 5.74. The van der Waals surface area contributed by atoms with E-state index in [9.17, 15) is 4.79 Å². The molecule has 3 N–H and O–H groups in total. The summed E-state index contributed by atoms with van der Waals surface area (Å²) < 4.78 is 5.14. The minimum Gasteiger partial charge on any atom is -0.394 e. The van der Waals surface area contributed by atoms with Gasteiger partial charge >= 0.3 is 6.03 Å². The van der Waals surface area contributed by atoms with E-state index in [1.165, 1.54) is 11.1 Å².